The van der Waals surface area contributed by atoms with Crippen LogP contribution in [0.2, 0.25) is 0 Å². The molecule has 3 nitrogen and oxygen atoms in total. The van der Waals surface area contributed by atoms with Gasteiger partial charge in [0.25, 0.3) is 0 Å². The van der Waals surface area contributed by atoms with E-state index in [4.69, 9.17) is 10.8 Å². The van der Waals surface area contributed by atoms with Crippen molar-refractivity contribution in [2.24, 2.45) is 11.1 Å². The lowest BCUT2D eigenvalue weighted by Crippen LogP contribution is -2.43. The Kier molecular flexibility index (Phi) is 7.09. The molecule has 1 rings (SSSR count). The Balaban J connectivity index is 2.51. The molecule has 0 heterocycles. The molecule has 0 saturated heterocycles. The highest BCUT2D eigenvalue weighted by molar-refractivity contribution is 4.85. The SMILES string of the molecule is CCN(CCCO)CC1(CN)CCCCCC1. The van der Waals surface area contributed by atoms with Crippen LogP contribution in [0, 0.1) is 5.41 Å². The largest absolute Gasteiger partial charge is 0.396 e. The number of rotatable bonds is 7. The lowest BCUT2D eigenvalue weighted by molar-refractivity contribution is 0.132. The van der Waals surface area contributed by atoms with E-state index in [1.165, 1.54) is 38.5 Å². The minimum Gasteiger partial charge on any atom is -0.396 e. The third-order valence-electron chi connectivity index (χ3n) is 4.24. The number of aliphatic hydroxyl groups excluding tert-OH is 1. The molecule has 102 valence electrons. The summed E-state index contributed by atoms with van der Waals surface area (Å²) in [4.78, 5) is 2.47. The molecule has 1 aliphatic rings. The summed E-state index contributed by atoms with van der Waals surface area (Å²) in [5.74, 6) is 0. The van der Waals surface area contributed by atoms with Crippen LogP contribution in [-0.2, 0) is 0 Å². The predicted octanol–water partition coefficient (Wildman–Crippen LogP) is 1.99. The van der Waals surface area contributed by atoms with Crippen LogP contribution in [0.4, 0.5) is 0 Å². The van der Waals surface area contributed by atoms with Crippen LogP contribution in [-0.4, -0.2) is 42.8 Å². The summed E-state index contributed by atoms with van der Waals surface area (Å²) in [6.07, 6.45) is 8.91. The summed E-state index contributed by atoms with van der Waals surface area (Å²) >= 11 is 0. The van der Waals surface area contributed by atoms with E-state index in [2.05, 4.69) is 11.8 Å². The molecular formula is C14H30N2O. The monoisotopic (exact) mass is 242 g/mol. The van der Waals surface area contributed by atoms with Crippen LogP contribution in [0.25, 0.3) is 0 Å². The molecule has 0 aliphatic heterocycles. The van der Waals surface area contributed by atoms with Crippen molar-refractivity contribution < 1.29 is 5.11 Å². The second-order valence-electron chi connectivity index (χ2n) is 5.56. The molecule has 0 aromatic rings. The molecule has 0 unspecified atom stereocenters. The molecule has 3 heteroatoms. The van der Waals surface area contributed by atoms with Gasteiger partial charge in [0.15, 0.2) is 0 Å². The van der Waals surface area contributed by atoms with E-state index in [0.717, 1.165) is 32.6 Å². The minimum absolute atomic E-state index is 0.298. The topological polar surface area (TPSA) is 49.5 Å². The van der Waals surface area contributed by atoms with Crippen LogP contribution in [0.15, 0.2) is 0 Å². The van der Waals surface area contributed by atoms with Crippen LogP contribution < -0.4 is 5.73 Å². The predicted molar refractivity (Wildman–Crippen MR) is 73.0 cm³/mol. The first-order valence-corrected chi connectivity index (χ1v) is 7.29. The fourth-order valence-electron chi connectivity index (χ4n) is 3.02. The first-order chi connectivity index (χ1) is 8.26. The van der Waals surface area contributed by atoms with Gasteiger partial charge in [0.2, 0.25) is 0 Å². The van der Waals surface area contributed by atoms with Crippen molar-refractivity contribution in [3.05, 3.63) is 0 Å². The molecule has 0 aromatic carbocycles. The summed E-state index contributed by atoms with van der Waals surface area (Å²) in [7, 11) is 0. The smallest absolute Gasteiger partial charge is 0.0443 e. The second kappa shape index (κ2) is 8.06. The summed E-state index contributed by atoms with van der Waals surface area (Å²) in [6, 6.07) is 0. The van der Waals surface area contributed by atoms with Crippen molar-refractivity contribution in [3.8, 4) is 0 Å². The van der Waals surface area contributed by atoms with Gasteiger partial charge in [-0.15, -0.1) is 0 Å². The maximum Gasteiger partial charge on any atom is 0.0443 e. The van der Waals surface area contributed by atoms with Crippen molar-refractivity contribution in [3.63, 3.8) is 0 Å². The van der Waals surface area contributed by atoms with Crippen LogP contribution in [0.1, 0.15) is 51.9 Å². The summed E-state index contributed by atoms with van der Waals surface area (Å²) in [6.45, 7) is 6.53. The Bertz CT molecular complexity index is 189. The fourth-order valence-corrected chi connectivity index (χ4v) is 3.02. The van der Waals surface area contributed by atoms with Crippen molar-refractivity contribution in [1.82, 2.24) is 4.90 Å². The molecule has 0 bridgehead atoms. The zero-order valence-corrected chi connectivity index (χ0v) is 11.5. The molecule has 3 N–H and O–H groups in total. The van der Waals surface area contributed by atoms with Crippen LogP contribution in [0.5, 0.6) is 0 Å². The highest BCUT2D eigenvalue weighted by Crippen LogP contribution is 2.34. The van der Waals surface area contributed by atoms with E-state index < -0.39 is 0 Å². The first kappa shape index (κ1) is 14.9. The Hall–Kier alpha value is -0.120. The normalized spacial score (nSPS) is 20.5. The molecule has 0 radical (unpaired) electrons. The van der Waals surface area contributed by atoms with Gasteiger partial charge in [-0.3, -0.25) is 0 Å². The molecule has 1 saturated carbocycles. The minimum atomic E-state index is 0.298. The molecular weight excluding hydrogens is 212 g/mol. The van der Waals surface area contributed by atoms with Gasteiger partial charge in [0, 0.05) is 19.7 Å². The summed E-state index contributed by atoms with van der Waals surface area (Å²) in [5.41, 5.74) is 6.41. The highest BCUT2D eigenvalue weighted by atomic mass is 16.3. The van der Waals surface area contributed by atoms with Crippen LogP contribution >= 0.6 is 0 Å². The highest BCUT2D eigenvalue weighted by Gasteiger charge is 2.30. The quantitative estimate of drug-likeness (QED) is 0.671. The van der Waals surface area contributed by atoms with Gasteiger partial charge < -0.3 is 15.7 Å². The Morgan fingerprint density at radius 1 is 1.18 bits per heavy atom. The first-order valence-electron chi connectivity index (χ1n) is 7.29. The van der Waals surface area contributed by atoms with E-state index in [1.54, 1.807) is 0 Å². The third kappa shape index (κ3) is 4.94. The van der Waals surface area contributed by atoms with Crippen LogP contribution in [0.3, 0.4) is 0 Å². The van der Waals surface area contributed by atoms with Gasteiger partial charge in [0.1, 0.15) is 0 Å². The van der Waals surface area contributed by atoms with E-state index in [1.807, 2.05) is 0 Å². The van der Waals surface area contributed by atoms with Gasteiger partial charge in [-0.1, -0.05) is 32.6 Å². The lowest BCUT2D eigenvalue weighted by atomic mass is 9.80. The van der Waals surface area contributed by atoms with Crippen molar-refractivity contribution in [2.45, 2.75) is 51.9 Å². The molecule has 1 aliphatic carbocycles. The van der Waals surface area contributed by atoms with Crippen molar-refractivity contribution in [1.29, 1.82) is 0 Å². The van der Waals surface area contributed by atoms with E-state index in [0.29, 0.717) is 12.0 Å². The molecule has 0 aromatic heterocycles. The lowest BCUT2D eigenvalue weighted by Gasteiger charge is -2.37. The number of hydrogen-bond acceptors (Lipinski definition) is 3. The average molecular weight is 242 g/mol. The molecule has 0 amide bonds. The van der Waals surface area contributed by atoms with E-state index >= 15 is 0 Å². The number of nitrogens with zero attached hydrogens (tertiary/aromatic N) is 1. The van der Waals surface area contributed by atoms with E-state index in [9.17, 15) is 0 Å². The maximum atomic E-state index is 8.93. The van der Waals surface area contributed by atoms with Gasteiger partial charge in [-0.05, 0) is 37.8 Å². The Morgan fingerprint density at radius 2 is 1.82 bits per heavy atom. The van der Waals surface area contributed by atoms with Crippen molar-refractivity contribution >= 4 is 0 Å². The average Bonchev–Trinajstić information content (AvgIpc) is 2.60. The zero-order valence-electron chi connectivity index (χ0n) is 11.5. The summed E-state index contributed by atoms with van der Waals surface area (Å²) in [5, 5.41) is 8.93. The van der Waals surface area contributed by atoms with Gasteiger partial charge in [-0.2, -0.15) is 0 Å². The number of hydrogen-bond donors (Lipinski definition) is 2. The standard InChI is InChI=1S/C14H30N2O/c1-2-16(10-7-11-17)13-14(12-15)8-5-3-4-6-9-14/h17H,2-13,15H2,1H3. The number of nitrogens with two attached hydrogens (primary N) is 1. The van der Waals surface area contributed by atoms with Gasteiger partial charge in [-0.25, -0.2) is 0 Å². The van der Waals surface area contributed by atoms with Gasteiger partial charge >= 0.3 is 0 Å². The fraction of sp³-hybridized carbons (Fsp3) is 1.00. The molecule has 0 atom stereocenters. The molecule has 0 spiro atoms. The second-order valence-corrected chi connectivity index (χ2v) is 5.56. The number of aliphatic hydroxyl groups is 1. The van der Waals surface area contributed by atoms with Gasteiger partial charge in [0.05, 0.1) is 0 Å². The Labute approximate surface area is 106 Å². The summed E-state index contributed by atoms with van der Waals surface area (Å²) < 4.78 is 0. The Morgan fingerprint density at radius 3 is 2.29 bits per heavy atom. The van der Waals surface area contributed by atoms with E-state index in [-0.39, 0.29) is 0 Å². The third-order valence-corrected chi connectivity index (χ3v) is 4.24. The molecule has 17 heavy (non-hydrogen) atoms. The van der Waals surface area contributed by atoms with Crippen molar-refractivity contribution in [2.75, 3.05) is 32.8 Å². The maximum absolute atomic E-state index is 8.93. The zero-order chi connectivity index (χ0) is 12.6. The molecule has 1 fully saturated rings.